The molecule has 0 atom stereocenters. The van der Waals surface area contributed by atoms with Crippen LogP contribution in [0.2, 0.25) is 0 Å². The molecular formula is C17H24N4O2S2. The first-order chi connectivity index (χ1) is 12.0. The summed E-state index contributed by atoms with van der Waals surface area (Å²) >= 11 is 3.51. The minimum absolute atomic E-state index is 0.318. The molecule has 8 heteroatoms. The van der Waals surface area contributed by atoms with Crippen molar-refractivity contribution in [3.8, 4) is 0 Å². The molecule has 1 N–H and O–H groups in total. The van der Waals surface area contributed by atoms with Gasteiger partial charge in [-0.05, 0) is 32.9 Å². The molecule has 0 aliphatic carbocycles. The van der Waals surface area contributed by atoms with Gasteiger partial charge in [0.2, 0.25) is 0 Å². The normalized spacial score (nSPS) is 14.4. The summed E-state index contributed by atoms with van der Waals surface area (Å²) in [5.74, 6) is 0. The lowest BCUT2D eigenvalue weighted by atomic mass is 10.2. The van der Waals surface area contributed by atoms with Crippen molar-refractivity contribution < 1.29 is 9.53 Å². The fourth-order valence-corrected chi connectivity index (χ4v) is 3.94. The summed E-state index contributed by atoms with van der Waals surface area (Å²) in [5, 5.41) is 4.49. The van der Waals surface area contributed by atoms with Crippen LogP contribution in [0.5, 0.6) is 0 Å². The highest BCUT2D eigenvalue weighted by Gasteiger charge is 2.14. The number of rotatable bonds is 4. The number of piperazine rings is 1. The number of nitrogens with one attached hydrogen (secondary N) is 1. The van der Waals surface area contributed by atoms with Crippen LogP contribution in [0.1, 0.15) is 20.8 Å². The Morgan fingerprint density at radius 2 is 1.96 bits per heavy atom. The number of anilines is 1. The molecular weight excluding hydrogens is 356 g/mol. The quantitative estimate of drug-likeness (QED) is 0.818. The van der Waals surface area contributed by atoms with Crippen molar-refractivity contribution in [1.82, 2.24) is 15.3 Å². The van der Waals surface area contributed by atoms with Gasteiger partial charge in [0.15, 0.2) is 5.13 Å². The molecule has 0 spiro atoms. The van der Waals surface area contributed by atoms with Gasteiger partial charge in [-0.2, -0.15) is 0 Å². The van der Waals surface area contributed by atoms with Gasteiger partial charge in [0.1, 0.15) is 5.60 Å². The Morgan fingerprint density at radius 3 is 2.52 bits per heavy atom. The van der Waals surface area contributed by atoms with Crippen LogP contribution in [0.25, 0.3) is 0 Å². The number of pyridine rings is 1. The van der Waals surface area contributed by atoms with Crippen molar-refractivity contribution in [2.24, 2.45) is 0 Å². The summed E-state index contributed by atoms with van der Waals surface area (Å²) in [7, 11) is 0. The molecule has 1 fully saturated rings. The number of aromatic nitrogens is 2. The number of ether oxygens (including phenoxy) is 1. The van der Waals surface area contributed by atoms with Crippen LogP contribution in [-0.2, 0) is 9.53 Å². The predicted molar refractivity (Wildman–Crippen MR) is 102 cm³/mol. The molecule has 1 aliphatic heterocycles. The van der Waals surface area contributed by atoms with Gasteiger partial charge >= 0.3 is 0 Å². The van der Waals surface area contributed by atoms with E-state index in [-0.39, 0.29) is 5.60 Å². The SMILES string of the molecule is CC(C)(C)OC=O.c1cc(Sc2cnc(N3CCNCC3)s2)ccn1. The van der Waals surface area contributed by atoms with E-state index in [1.807, 2.05) is 51.5 Å². The second-order valence-corrected chi connectivity index (χ2v) is 8.69. The van der Waals surface area contributed by atoms with E-state index in [2.05, 4.69) is 24.9 Å². The van der Waals surface area contributed by atoms with Gasteiger partial charge in [0.05, 0.1) is 10.4 Å². The van der Waals surface area contributed by atoms with Crippen molar-refractivity contribution in [3.05, 3.63) is 30.7 Å². The number of carbonyl (C=O) groups is 1. The minimum atomic E-state index is -0.318. The van der Waals surface area contributed by atoms with Gasteiger partial charge in [0.25, 0.3) is 6.47 Å². The molecule has 0 bridgehead atoms. The van der Waals surface area contributed by atoms with Gasteiger partial charge in [-0.1, -0.05) is 23.1 Å². The monoisotopic (exact) mass is 380 g/mol. The lowest BCUT2D eigenvalue weighted by Gasteiger charge is -2.26. The summed E-state index contributed by atoms with van der Waals surface area (Å²) < 4.78 is 5.78. The molecule has 0 saturated carbocycles. The van der Waals surface area contributed by atoms with Crippen molar-refractivity contribution in [2.75, 3.05) is 31.1 Å². The van der Waals surface area contributed by atoms with Crippen LogP contribution in [0.4, 0.5) is 5.13 Å². The fourth-order valence-electron chi connectivity index (χ4n) is 1.97. The Morgan fingerprint density at radius 1 is 1.28 bits per heavy atom. The maximum Gasteiger partial charge on any atom is 0.293 e. The molecule has 0 aromatic carbocycles. The summed E-state index contributed by atoms with van der Waals surface area (Å²) in [6, 6.07) is 4.05. The molecule has 1 aliphatic rings. The van der Waals surface area contributed by atoms with Crippen molar-refractivity contribution in [3.63, 3.8) is 0 Å². The average Bonchev–Trinajstić information content (AvgIpc) is 3.05. The van der Waals surface area contributed by atoms with Crippen molar-refractivity contribution in [2.45, 2.75) is 35.5 Å². The van der Waals surface area contributed by atoms with Crippen LogP contribution in [0.3, 0.4) is 0 Å². The third-order valence-corrected chi connectivity index (χ3v) is 5.30. The molecule has 0 amide bonds. The Labute approximate surface area is 157 Å². The molecule has 3 rings (SSSR count). The highest BCUT2D eigenvalue weighted by molar-refractivity contribution is 8.01. The largest absolute Gasteiger partial charge is 0.462 e. The molecule has 1 saturated heterocycles. The highest BCUT2D eigenvalue weighted by Crippen LogP contribution is 2.34. The Hall–Kier alpha value is -1.64. The van der Waals surface area contributed by atoms with E-state index in [4.69, 9.17) is 0 Å². The molecule has 136 valence electrons. The van der Waals surface area contributed by atoms with Gasteiger partial charge in [-0.3, -0.25) is 9.78 Å². The number of carbonyl (C=O) groups excluding carboxylic acids is 1. The summed E-state index contributed by atoms with van der Waals surface area (Å²) in [6.45, 7) is 10.1. The maximum absolute atomic E-state index is 9.60. The zero-order chi connectivity index (χ0) is 18.1. The third-order valence-electron chi connectivity index (χ3n) is 3.13. The third kappa shape index (κ3) is 7.41. The van der Waals surface area contributed by atoms with Crippen molar-refractivity contribution >= 4 is 34.7 Å². The lowest BCUT2D eigenvalue weighted by molar-refractivity contribution is -0.138. The van der Waals surface area contributed by atoms with Crippen LogP contribution < -0.4 is 10.2 Å². The molecule has 2 aromatic heterocycles. The molecule has 0 unspecified atom stereocenters. The van der Waals surface area contributed by atoms with E-state index in [1.165, 1.54) is 9.10 Å². The van der Waals surface area contributed by atoms with Crippen LogP contribution in [0.15, 0.2) is 39.8 Å². The molecule has 25 heavy (non-hydrogen) atoms. The average molecular weight is 381 g/mol. The fraction of sp³-hybridized carbons (Fsp3) is 0.471. The van der Waals surface area contributed by atoms with Crippen LogP contribution >= 0.6 is 23.1 Å². The smallest absolute Gasteiger partial charge is 0.293 e. The Bertz CT molecular complexity index is 638. The summed E-state index contributed by atoms with van der Waals surface area (Å²) in [4.78, 5) is 21.7. The van der Waals surface area contributed by atoms with E-state index in [0.717, 1.165) is 31.3 Å². The zero-order valence-corrected chi connectivity index (χ0v) is 16.4. The van der Waals surface area contributed by atoms with E-state index in [1.54, 1.807) is 23.1 Å². The second kappa shape index (κ2) is 9.74. The predicted octanol–water partition coefficient (Wildman–Crippen LogP) is 3.06. The van der Waals surface area contributed by atoms with E-state index in [9.17, 15) is 4.79 Å². The maximum atomic E-state index is 9.60. The summed E-state index contributed by atoms with van der Waals surface area (Å²) in [6.07, 6.45) is 5.61. The van der Waals surface area contributed by atoms with Crippen LogP contribution in [-0.4, -0.2) is 48.2 Å². The van der Waals surface area contributed by atoms with E-state index in [0.29, 0.717) is 6.47 Å². The number of thiazole rings is 1. The summed E-state index contributed by atoms with van der Waals surface area (Å²) in [5.41, 5.74) is -0.318. The first kappa shape index (κ1) is 19.7. The standard InChI is InChI=1S/C12H14N4S2.C5H10O2/c1-3-13-4-2-10(1)17-11-9-15-12(18-11)16-7-5-14-6-8-16;1-5(2,3)7-4-6/h1-4,9,14H,5-8H2;4H,1-3H3. The molecule has 0 radical (unpaired) electrons. The van der Waals surface area contributed by atoms with Gasteiger partial charge < -0.3 is 15.0 Å². The number of nitrogens with zero attached hydrogens (tertiary/aromatic N) is 3. The molecule has 6 nitrogen and oxygen atoms in total. The van der Waals surface area contributed by atoms with Crippen molar-refractivity contribution in [1.29, 1.82) is 0 Å². The highest BCUT2D eigenvalue weighted by atomic mass is 32.2. The minimum Gasteiger partial charge on any atom is -0.462 e. The Kier molecular flexibility index (Phi) is 7.67. The number of hydrogen-bond acceptors (Lipinski definition) is 8. The Balaban J connectivity index is 0.000000277. The number of hydrogen-bond donors (Lipinski definition) is 1. The first-order valence-electron chi connectivity index (χ1n) is 8.09. The van der Waals surface area contributed by atoms with E-state index >= 15 is 0 Å². The van der Waals surface area contributed by atoms with Gasteiger partial charge in [-0.15, -0.1) is 0 Å². The van der Waals surface area contributed by atoms with Gasteiger partial charge in [-0.25, -0.2) is 4.98 Å². The lowest BCUT2D eigenvalue weighted by Crippen LogP contribution is -2.43. The van der Waals surface area contributed by atoms with Crippen LogP contribution in [0, 0.1) is 0 Å². The second-order valence-electron chi connectivity index (χ2n) is 6.31. The molecule has 3 heterocycles. The van der Waals surface area contributed by atoms with Gasteiger partial charge in [0, 0.05) is 43.5 Å². The first-order valence-corrected chi connectivity index (χ1v) is 9.72. The molecule has 2 aromatic rings. The topological polar surface area (TPSA) is 67.3 Å². The zero-order valence-electron chi connectivity index (χ0n) is 14.8. The van der Waals surface area contributed by atoms with E-state index < -0.39 is 0 Å².